The number of carbonyl (C=O) groups excluding carboxylic acids is 5. The predicted octanol–water partition coefficient (Wildman–Crippen LogP) is 3.77. The van der Waals surface area contributed by atoms with Crippen LogP contribution in [0.15, 0.2) is 24.3 Å². The highest BCUT2D eigenvalue weighted by Crippen LogP contribution is 2.26. The number of carbonyl (C=O) groups is 5. The van der Waals surface area contributed by atoms with E-state index in [1.165, 1.54) is 36.1 Å². The van der Waals surface area contributed by atoms with E-state index in [9.17, 15) is 28.4 Å². The van der Waals surface area contributed by atoms with Crippen LogP contribution in [0.4, 0.5) is 9.18 Å². The van der Waals surface area contributed by atoms with Gasteiger partial charge in [0.15, 0.2) is 0 Å². The second-order valence-corrected chi connectivity index (χ2v) is 14.1. The lowest BCUT2D eigenvalue weighted by Gasteiger charge is -2.36. The lowest BCUT2D eigenvalue weighted by atomic mass is 9.85. The number of ether oxygens (including phenoxy) is 2. The topological polar surface area (TPSA) is 169 Å². The summed E-state index contributed by atoms with van der Waals surface area (Å²) in [5, 5.41) is 8.01. The van der Waals surface area contributed by atoms with Gasteiger partial charge in [0.05, 0.1) is 6.61 Å². The van der Waals surface area contributed by atoms with Crippen LogP contribution in [0.1, 0.15) is 92.6 Å². The van der Waals surface area contributed by atoms with Gasteiger partial charge >= 0.3 is 12.1 Å². The molecule has 0 bridgehead atoms. The number of alkyl carbamates (subject to hydrolysis) is 1. The van der Waals surface area contributed by atoms with Gasteiger partial charge < -0.3 is 36.1 Å². The molecule has 0 radical (unpaired) electrons. The zero-order chi connectivity index (χ0) is 35.4. The van der Waals surface area contributed by atoms with E-state index in [-0.39, 0.29) is 32.0 Å². The van der Waals surface area contributed by atoms with E-state index in [0.29, 0.717) is 31.4 Å². The van der Waals surface area contributed by atoms with Crippen LogP contribution < -0.4 is 21.7 Å². The van der Waals surface area contributed by atoms with Crippen molar-refractivity contribution in [1.82, 2.24) is 20.9 Å². The van der Waals surface area contributed by atoms with Crippen molar-refractivity contribution in [3.8, 4) is 0 Å². The molecule has 0 unspecified atom stereocenters. The van der Waals surface area contributed by atoms with Gasteiger partial charge in [-0.3, -0.25) is 14.4 Å². The number of rotatable bonds is 15. The molecular weight excluding hydrogens is 645 g/mol. The third kappa shape index (κ3) is 14.3. The summed E-state index contributed by atoms with van der Waals surface area (Å²) in [5.41, 5.74) is 4.65. The fourth-order valence-corrected chi connectivity index (χ4v) is 5.13. The monoisotopic (exact) mass is 699 g/mol. The molecule has 1 aliphatic rings. The fourth-order valence-electron chi connectivity index (χ4n) is 5.13. The van der Waals surface area contributed by atoms with Crippen molar-refractivity contribution in [3.63, 3.8) is 0 Å². The number of nitrogens with one attached hydrogen (secondary N) is 3. The Bertz CT molecular complexity index is 1220. The lowest BCUT2D eigenvalue weighted by molar-refractivity contribution is -0.149. The van der Waals surface area contributed by atoms with Crippen LogP contribution in [0, 0.1) is 11.2 Å². The Morgan fingerprint density at radius 1 is 0.958 bits per heavy atom. The molecule has 1 saturated heterocycles. The summed E-state index contributed by atoms with van der Waals surface area (Å²) in [6.07, 6.45) is 3.51. The molecule has 5 N–H and O–H groups in total. The molecule has 0 aromatic heterocycles. The van der Waals surface area contributed by atoms with E-state index in [1.807, 2.05) is 0 Å². The van der Waals surface area contributed by atoms with Gasteiger partial charge in [-0.15, -0.1) is 12.4 Å². The molecule has 1 fully saturated rings. The average Bonchev–Trinajstić information content (AvgIpc) is 3.46. The van der Waals surface area contributed by atoms with Gasteiger partial charge in [0.1, 0.15) is 35.6 Å². The predicted molar refractivity (Wildman–Crippen MR) is 183 cm³/mol. The molecular formula is C34H55ClFN5O7. The number of hydrogen-bond donors (Lipinski definition) is 4. The molecule has 2 rings (SSSR count). The van der Waals surface area contributed by atoms with Crippen molar-refractivity contribution in [1.29, 1.82) is 0 Å². The van der Waals surface area contributed by atoms with Crippen molar-refractivity contribution in [3.05, 3.63) is 35.6 Å². The second kappa shape index (κ2) is 19.5. The van der Waals surface area contributed by atoms with E-state index in [2.05, 4.69) is 16.0 Å². The molecule has 48 heavy (non-hydrogen) atoms. The summed E-state index contributed by atoms with van der Waals surface area (Å²) < 4.78 is 24.3. The molecule has 4 amide bonds. The average molecular weight is 700 g/mol. The molecule has 14 heteroatoms. The van der Waals surface area contributed by atoms with Crippen LogP contribution in [0.5, 0.6) is 0 Å². The highest BCUT2D eigenvalue weighted by atomic mass is 35.5. The van der Waals surface area contributed by atoms with Crippen molar-refractivity contribution < 1.29 is 37.8 Å². The standard InChI is InChI=1S/C34H54FN5O7.ClH/c1-22(37-32(45)47-34(5,6)7)28(41)39-27(33(2,3)4)30(43)40-19-12-13-26(40)29(42)38-25(21-23-14-16-24(35)17-15-23)31(44)46-20-11-9-8-10-18-36;/h14-17,22,25-27H,8-13,18-21,36H2,1-7H3,(H,37,45)(H,38,42)(H,39,41);1H/t22-,25-,26-,27+;/m0./s1. The van der Waals surface area contributed by atoms with Crippen molar-refractivity contribution in [2.45, 2.75) is 123 Å². The van der Waals surface area contributed by atoms with Crippen LogP contribution >= 0.6 is 12.4 Å². The van der Waals surface area contributed by atoms with Crippen LogP contribution in [-0.4, -0.2) is 84.1 Å². The Morgan fingerprint density at radius 2 is 1.58 bits per heavy atom. The Hall–Kier alpha value is -3.45. The smallest absolute Gasteiger partial charge is 0.408 e. The molecule has 1 aromatic rings. The number of nitrogens with two attached hydrogens (primary N) is 1. The second-order valence-electron chi connectivity index (χ2n) is 14.1. The van der Waals surface area contributed by atoms with Crippen molar-refractivity contribution in [2.75, 3.05) is 19.7 Å². The van der Waals surface area contributed by atoms with E-state index < -0.39 is 70.8 Å². The largest absolute Gasteiger partial charge is 0.464 e. The summed E-state index contributed by atoms with van der Waals surface area (Å²) in [7, 11) is 0. The molecule has 12 nitrogen and oxygen atoms in total. The fraction of sp³-hybridized carbons (Fsp3) is 0.676. The maximum Gasteiger partial charge on any atom is 0.408 e. The van der Waals surface area contributed by atoms with Gasteiger partial charge in [-0.1, -0.05) is 45.7 Å². The van der Waals surface area contributed by atoms with Gasteiger partial charge in [0.25, 0.3) is 0 Å². The first kappa shape index (κ1) is 42.6. The molecule has 0 spiro atoms. The Morgan fingerprint density at radius 3 is 2.17 bits per heavy atom. The van der Waals surface area contributed by atoms with Crippen molar-refractivity contribution >= 4 is 42.2 Å². The van der Waals surface area contributed by atoms with Crippen molar-refractivity contribution in [2.24, 2.45) is 11.1 Å². The van der Waals surface area contributed by atoms with Crippen LogP contribution in [0.25, 0.3) is 0 Å². The lowest BCUT2D eigenvalue weighted by Crippen LogP contribution is -2.60. The van der Waals surface area contributed by atoms with E-state index in [0.717, 1.165) is 19.3 Å². The van der Waals surface area contributed by atoms with Gasteiger partial charge in [0.2, 0.25) is 17.7 Å². The Kier molecular flexibility index (Phi) is 17.3. The van der Waals surface area contributed by atoms with E-state index in [1.54, 1.807) is 41.5 Å². The van der Waals surface area contributed by atoms with Crippen LogP contribution in [0.2, 0.25) is 0 Å². The molecule has 272 valence electrons. The van der Waals surface area contributed by atoms with Gasteiger partial charge in [-0.05, 0) is 83.0 Å². The minimum atomic E-state index is -1.06. The first-order valence-corrected chi connectivity index (χ1v) is 16.4. The molecule has 0 saturated carbocycles. The number of nitrogens with zero attached hydrogens (tertiary/aromatic N) is 1. The van der Waals surface area contributed by atoms with Gasteiger partial charge in [-0.25, -0.2) is 14.0 Å². The van der Waals surface area contributed by atoms with E-state index >= 15 is 0 Å². The Balaban J connectivity index is 0.0000115. The highest BCUT2D eigenvalue weighted by Gasteiger charge is 2.43. The zero-order valence-electron chi connectivity index (χ0n) is 29.4. The summed E-state index contributed by atoms with van der Waals surface area (Å²) in [6.45, 7) is 13.0. The third-order valence-electron chi connectivity index (χ3n) is 7.66. The molecule has 1 aliphatic heterocycles. The minimum Gasteiger partial charge on any atom is -0.464 e. The van der Waals surface area contributed by atoms with Gasteiger partial charge in [0, 0.05) is 13.0 Å². The van der Waals surface area contributed by atoms with Gasteiger partial charge in [-0.2, -0.15) is 0 Å². The zero-order valence-corrected chi connectivity index (χ0v) is 30.2. The van der Waals surface area contributed by atoms with E-state index in [4.69, 9.17) is 15.2 Å². The first-order valence-electron chi connectivity index (χ1n) is 16.4. The normalized spacial score (nSPS) is 16.5. The highest BCUT2D eigenvalue weighted by molar-refractivity contribution is 5.95. The number of benzene rings is 1. The summed E-state index contributed by atoms with van der Waals surface area (Å²) >= 11 is 0. The van der Waals surface area contributed by atoms with Crippen LogP contribution in [-0.2, 0) is 35.1 Å². The summed E-state index contributed by atoms with van der Waals surface area (Å²) in [5.74, 6) is -2.62. The summed E-state index contributed by atoms with van der Waals surface area (Å²) in [6, 6.07) is 1.65. The number of unbranched alkanes of at least 4 members (excludes halogenated alkanes) is 3. The summed E-state index contributed by atoms with van der Waals surface area (Å²) in [4.78, 5) is 67.5. The molecule has 1 heterocycles. The van der Waals surface area contributed by atoms with Crippen LogP contribution in [0.3, 0.4) is 0 Å². The third-order valence-corrected chi connectivity index (χ3v) is 7.66. The number of likely N-dealkylation sites (tertiary alicyclic amines) is 1. The quantitative estimate of drug-likeness (QED) is 0.158. The Labute approximate surface area is 290 Å². The first-order chi connectivity index (χ1) is 21.9. The molecule has 0 aliphatic carbocycles. The SMILES string of the molecule is C[C@H](NC(=O)OC(C)(C)C)C(=O)N[C@H](C(=O)N1CCC[C@H]1C(=O)N[C@@H](Cc1ccc(F)cc1)C(=O)OCCCCCCN)C(C)(C)C.Cl. The number of amides is 4. The number of halogens is 2. The molecule has 4 atom stereocenters. The number of hydrogen-bond acceptors (Lipinski definition) is 8. The molecule has 1 aromatic carbocycles. The minimum absolute atomic E-state index is 0. The maximum atomic E-state index is 14.0. The maximum absolute atomic E-state index is 14.0. The number of esters is 1.